The fraction of sp³-hybridized carbons (Fsp3) is 0.156. The van der Waals surface area contributed by atoms with E-state index in [9.17, 15) is 2.74 Å². The van der Waals surface area contributed by atoms with Gasteiger partial charge in [0.15, 0.2) is 0 Å². The van der Waals surface area contributed by atoms with Crippen molar-refractivity contribution < 1.29 is 16.2 Å². The van der Waals surface area contributed by atoms with Gasteiger partial charge < -0.3 is 4.74 Å². The fourth-order valence-electron chi connectivity index (χ4n) is 9.42. The van der Waals surface area contributed by atoms with Gasteiger partial charge in [0.05, 0.1) is 40.3 Å². The molecule has 69 heavy (non-hydrogen) atoms. The summed E-state index contributed by atoms with van der Waals surface area (Å²) >= 11 is 0. The Morgan fingerprint density at radius 2 is 1.28 bits per heavy atom. The molecule has 0 atom stereocenters. The van der Waals surface area contributed by atoms with Crippen molar-refractivity contribution >= 4 is 32.8 Å². The van der Waals surface area contributed by atoms with E-state index in [4.69, 9.17) is 13.8 Å². The van der Waals surface area contributed by atoms with Crippen LogP contribution in [0.25, 0.3) is 83.4 Å². The summed E-state index contributed by atoms with van der Waals surface area (Å²) in [4.78, 5) is 4.88. The van der Waals surface area contributed by atoms with Crippen LogP contribution in [0.5, 0.6) is 11.5 Å². The third kappa shape index (κ3) is 8.18. The van der Waals surface area contributed by atoms with Crippen LogP contribution < -0.4 is 9.30 Å². The Kier molecular flexibility index (Phi) is 9.50. The van der Waals surface area contributed by atoms with Crippen molar-refractivity contribution in [2.75, 3.05) is 0 Å². The molecule has 0 bridgehead atoms. The normalized spacial score (nSPS) is 13.1. The van der Waals surface area contributed by atoms with Crippen molar-refractivity contribution in [2.24, 2.45) is 0 Å². The van der Waals surface area contributed by atoms with Gasteiger partial charge in [-0.2, -0.15) is 0 Å². The highest BCUT2D eigenvalue weighted by molar-refractivity contribution is 6.10. The molecule has 5 nitrogen and oxygen atoms in total. The van der Waals surface area contributed by atoms with Crippen molar-refractivity contribution in [3.8, 4) is 62.1 Å². The molecular formula is C64H56N4O. The van der Waals surface area contributed by atoms with Gasteiger partial charge in [0.1, 0.15) is 17.3 Å². The van der Waals surface area contributed by atoms with E-state index in [1.54, 1.807) is 0 Å². The van der Waals surface area contributed by atoms with Gasteiger partial charge >= 0.3 is 0 Å². The third-order valence-corrected chi connectivity index (χ3v) is 13.2. The van der Waals surface area contributed by atoms with Crippen LogP contribution in [-0.2, 0) is 17.3 Å². The highest BCUT2D eigenvalue weighted by Crippen LogP contribution is 2.40. The summed E-state index contributed by atoms with van der Waals surface area (Å²) in [5, 5.41) is 2.21. The number of nitrogens with zero attached hydrogens (tertiary/aromatic N) is 4. The second-order valence-corrected chi connectivity index (χ2v) is 19.8. The lowest BCUT2D eigenvalue weighted by atomic mass is 9.78. The largest absolute Gasteiger partial charge is 0.458 e. The number of pyridine rings is 1. The molecule has 11 aromatic rings. The molecule has 0 aliphatic carbocycles. The minimum atomic E-state index is -0.439. The number of fused-ring (bicyclic) bond motifs is 4. The topological polar surface area (TPSA) is 35.9 Å². The molecular weight excluding hydrogens is 841 g/mol. The zero-order valence-corrected chi connectivity index (χ0v) is 40.1. The summed E-state index contributed by atoms with van der Waals surface area (Å²) in [6.45, 7) is 15.4. The number of benzene rings is 8. The van der Waals surface area contributed by atoms with E-state index in [0.717, 1.165) is 84.1 Å². The summed E-state index contributed by atoms with van der Waals surface area (Å²) in [7, 11) is 0. The standard InChI is InChI=1S/C64H56N4O/c1-8-43-33-34-65-61(35-43)68-57-32-29-46(44-19-11-9-12-20-44)38-56(57)55-31-30-52(41-60(55)68)69-51-24-17-23-50(40-51)66-42-67(59-28-16-15-27-58(59)66)62-53(45-21-13-10-14-22-45)25-18-26-54(62)47-36-48(63(2,3)4)39-49(37-47)64(5,6)7/h9-41H,8H2,1-7H3/i10D,13D,14D,21D,22D. The van der Waals surface area contributed by atoms with Gasteiger partial charge in [-0.15, -0.1) is 0 Å². The summed E-state index contributed by atoms with van der Waals surface area (Å²) in [6, 6.07) is 54.2. The van der Waals surface area contributed by atoms with E-state index in [1.807, 2.05) is 88.1 Å². The lowest BCUT2D eigenvalue weighted by molar-refractivity contribution is -0.571. The Morgan fingerprint density at radius 3 is 2.03 bits per heavy atom. The first-order chi connectivity index (χ1) is 35.5. The smallest absolute Gasteiger partial charge is 0.269 e. The predicted molar refractivity (Wildman–Crippen MR) is 285 cm³/mol. The van der Waals surface area contributed by atoms with Crippen LogP contribution in [0.2, 0.25) is 0 Å². The van der Waals surface area contributed by atoms with Crippen LogP contribution in [0.3, 0.4) is 0 Å². The second-order valence-electron chi connectivity index (χ2n) is 19.8. The first kappa shape index (κ1) is 38.0. The van der Waals surface area contributed by atoms with Crippen LogP contribution in [-0.4, -0.2) is 14.1 Å². The number of imidazole rings is 1. The van der Waals surface area contributed by atoms with Crippen LogP contribution in [0.4, 0.5) is 0 Å². The fourth-order valence-corrected chi connectivity index (χ4v) is 9.42. The van der Waals surface area contributed by atoms with Crippen molar-refractivity contribution in [1.82, 2.24) is 14.1 Å². The molecule has 0 aliphatic heterocycles. The number of hydrogen-bond acceptors (Lipinski definition) is 2. The Bertz CT molecular complexity index is 3950. The van der Waals surface area contributed by atoms with Crippen molar-refractivity contribution in [3.63, 3.8) is 0 Å². The number of aryl methyl sites for hydroxylation is 1. The molecule has 0 saturated heterocycles. The van der Waals surface area contributed by atoms with Crippen LogP contribution in [0, 0.1) is 6.33 Å². The Hall–Kier alpha value is -8.02. The van der Waals surface area contributed by atoms with Gasteiger partial charge in [0.2, 0.25) is 0 Å². The summed E-state index contributed by atoms with van der Waals surface area (Å²) < 4.78 is 57.4. The molecule has 8 aromatic carbocycles. The van der Waals surface area contributed by atoms with Gasteiger partial charge in [0, 0.05) is 23.0 Å². The quantitative estimate of drug-likeness (QED) is 0.107. The molecule has 338 valence electrons. The van der Waals surface area contributed by atoms with E-state index >= 15 is 0 Å². The van der Waals surface area contributed by atoms with E-state index in [-0.39, 0.29) is 28.5 Å². The Labute approximate surface area is 412 Å². The molecule has 0 amide bonds. The Balaban J connectivity index is 1.07. The molecule has 0 aliphatic rings. The van der Waals surface area contributed by atoms with Gasteiger partial charge in [-0.05, 0) is 122 Å². The second kappa shape index (κ2) is 17.2. The zero-order valence-electron chi connectivity index (χ0n) is 45.1. The number of para-hydroxylation sites is 3. The van der Waals surface area contributed by atoms with Gasteiger partial charge in [-0.3, -0.25) is 13.7 Å². The monoisotopic (exact) mass is 901 g/mol. The number of ether oxygens (including phenoxy) is 1. The molecule has 3 heterocycles. The van der Waals surface area contributed by atoms with Crippen LogP contribution in [0.1, 0.15) is 72.0 Å². The van der Waals surface area contributed by atoms with E-state index in [1.165, 1.54) is 5.56 Å². The molecule has 0 saturated carbocycles. The molecule has 11 rings (SSSR count). The zero-order chi connectivity index (χ0) is 51.8. The third-order valence-electron chi connectivity index (χ3n) is 13.2. The molecule has 0 unspecified atom stereocenters. The average Bonchev–Trinajstić information content (AvgIpc) is 3.98. The van der Waals surface area contributed by atoms with Gasteiger partial charge in [-0.25, -0.2) is 4.98 Å². The van der Waals surface area contributed by atoms with Crippen molar-refractivity contribution in [1.29, 1.82) is 0 Å². The number of aromatic nitrogens is 4. The van der Waals surface area contributed by atoms with E-state index in [2.05, 4.69) is 150 Å². The first-order valence-electron chi connectivity index (χ1n) is 26.2. The lowest BCUT2D eigenvalue weighted by Gasteiger charge is -2.27. The number of rotatable bonds is 9. The molecule has 0 fully saturated rings. The maximum absolute atomic E-state index is 9.23. The Morgan fingerprint density at radius 1 is 0.565 bits per heavy atom. The highest BCUT2D eigenvalue weighted by Gasteiger charge is 2.25. The minimum Gasteiger partial charge on any atom is -0.458 e. The molecule has 0 N–H and O–H groups in total. The maximum atomic E-state index is 9.23. The molecule has 5 heteroatoms. The first-order valence-corrected chi connectivity index (χ1v) is 23.7. The lowest BCUT2D eigenvalue weighted by Crippen LogP contribution is -2.31. The molecule has 3 aromatic heterocycles. The number of hydrogen-bond donors (Lipinski definition) is 0. The summed E-state index contributed by atoms with van der Waals surface area (Å²) in [6.07, 6.45) is 6.47. The van der Waals surface area contributed by atoms with Gasteiger partial charge in [-0.1, -0.05) is 182 Å². The van der Waals surface area contributed by atoms with Crippen molar-refractivity contribution in [3.05, 3.63) is 223 Å². The van der Waals surface area contributed by atoms with Crippen molar-refractivity contribution in [2.45, 2.75) is 65.7 Å². The average molecular weight is 902 g/mol. The minimum absolute atomic E-state index is 0.116. The highest BCUT2D eigenvalue weighted by atomic mass is 16.5. The SMILES string of the molecule is [2H]c1c([2H])c([2H])c(-c2cccc(-c3cc(C(C)(C)C)cc(C(C)(C)C)c3)c2-[n+]2[c-]n(-c3cccc(Oc4ccc5c6cc(-c7ccccc7)ccc6n(-c6cc(CC)ccn6)c5c4)c3)c3ccccc32)c([2H])c1[2H]. The summed E-state index contributed by atoms with van der Waals surface area (Å²) in [5.41, 5.74) is 12.9. The summed E-state index contributed by atoms with van der Waals surface area (Å²) in [5.74, 6) is 2.12. The molecule has 0 radical (unpaired) electrons. The maximum Gasteiger partial charge on any atom is 0.269 e. The van der Waals surface area contributed by atoms with E-state index < -0.39 is 18.1 Å². The van der Waals surface area contributed by atoms with Gasteiger partial charge in [0.25, 0.3) is 6.33 Å². The molecule has 0 spiro atoms. The predicted octanol–water partition coefficient (Wildman–Crippen LogP) is 16.2. The van der Waals surface area contributed by atoms with Crippen LogP contribution >= 0.6 is 0 Å². The van der Waals surface area contributed by atoms with E-state index in [0.29, 0.717) is 22.7 Å². The van der Waals surface area contributed by atoms with Crippen LogP contribution in [0.15, 0.2) is 200 Å².